The van der Waals surface area contributed by atoms with E-state index in [0.29, 0.717) is 5.92 Å². The fourth-order valence-electron chi connectivity index (χ4n) is 1.61. The molecule has 0 aliphatic rings. The summed E-state index contributed by atoms with van der Waals surface area (Å²) in [6.45, 7) is 6.57. The summed E-state index contributed by atoms with van der Waals surface area (Å²) in [4.78, 5) is 0. The Labute approximate surface area is 98.7 Å². The third-order valence-electron chi connectivity index (χ3n) is 3.00. The molecule has 1 heteroatoms. The SMILES string of the molecule is CCC(C)c1ccc(/C(C)=C/C=C\N)cc1. The van der Waals surface area contributed by atoms with Crippen molar-refractivity contribution in [2.45, 2.75) is 33.1 Å². The molecule has 1 atom stereocenters. The van der Waals surface area contributed by atoms with Crippen molar-refractivity contribution >= 4 is 5.57 Å². The predicted molar refractivity (Wildman–Crippen MR) is 72.1 cm³/mol. The van der Waals surface area contributed by atoms with E-state index in [4.69, 9.17) is 5.73 Å². The Morgan fingerprint density at radius 1 is 1.31 bits per heavy atom. The van der Waals surface area contributed by atoms with Crippen molar-refractivity contribution in [2.24, 2.45) is 5.73 Å². The van der Waals surface area contributed by atoms with Crippen molar-refractivity contribution < 1.29 is 0 Å². The second-order valence-corrected chi connectivity index (χ2v) is 4.17. The van der Waals surface area contributed by atoms with Crippen molar-refractivity contribution in [3.63, 3.8) is 0 Å². The van der Waals surface area contributed by atoms with E-state index in [-0.39, 0.29) is 0 Å². The highest BCUT2D eigenvalue weighted by Gasteiger charge is 2.02. The fraction of sp³-hybridized carbons (Fsp3) is 0.333. The van der Waals surface area contributed by atoms with Crippen LogP contribution in [0, 0.1) is 0 Å². The molecule has 0 aromatic heterocycles. The topological polar surface area (TPSA) is 26.0 Å². The molecule has 0 fully saturated rings. The Bertz CT molecular complexity index is 371. The number of hydrogen-bond acceptors (Lipinski definition) is 1. The smallest absolute Gasteiger partial charge is 0.00623 e. The van der Waals surface area contributed by atoms with Crippen LogP contribution < -0.4 is 5.73 Å². The second kappa shape index (κ2) is 6.16. The monoisotopic (exact) mass is 215 g/mol. The number of nitrogens with two attached hydrogens (primary N) is 1. The molecule has 1 unspecified atom stereocenters. The van der Waals surface area contributed by atoms with Crippen molar-refractivity contribution in [1.29, 1.82) is 0 Å². The summed E-state index contributed by atoms with van der Waals surface area (Å²) in [5, 5.41) is 0. The van der Waals surface area contributed by atoms with Gasteiger partial charge in [-0.1, -0.05) is 44.2 Å². The highest BCUT2D eigenvalue weighted by atomic mass is 14.5. The molecule has 16 heavy (non-hydrogen) atoms. The molecule has 0 radical (unpaired) electrons. The third kappa shape index (κ3) is 3.27. The van der Waals surface area contributed by atoms with E-state index in [2.05, 4.69) is 45.0 Å². The minimum Gasteiger partial charge on any atom is -0.405 e. The van der Waals surface area contributed by atoms with Crippen molar-refractivity contribution in [3.8, 4) is 0 Å². The number of allylic oxidation sites excluding steroid dienone is 3. The molecule has 0 saturated carbocycles. The normalized spacial score (nSPS) is 14.3. The first-order chi connectivity index (χ1) is 7.69. The highest BCUT2D eigenvalue weighted by molar-refractivity contribution is 5.65. The Hall–Kier alpha value is -1.50. The van der Waals surface area contributed by atoms with Gasteiger partial charge in [0.25, 0.3) is 0 Å². The quantitative estimate of drug-likeness (QED) is 0.753. The maximum absolute atomic E-state index is 5.31. The molecular weight excluding hydrogens is 194 g/mol. The van der Waals surface area contributed by atoms with Crippen LogP contribution in [-0.4, -0.2) is 0 Å². The lowest BCUT2D eigenvalue weighted by atomic mass is 9.96. The van der Waals surface area contributed by atoms with Crippen LogP contribution in [0.4, 0.5) is 0 Å². The molecule has 0 saturated heterocycles. The zero-order valence-electron chi connectivity index (χ0n) is 10.4. The maximum atomic E-state index is 5.31. The molecule has 0 amide bonds. The average molecular weight is 215 g/mol. The summed E-state index contributed by atoms with van der Waals surface area (Å²) in [7, 11) is 0. The van der Waals surface area contributed by atoms with E-state index >= 15 is 0 Å². The molecule has 1 aromatic carbocycles. The average Bonchev–Trinajstić information content (AvgIpc) is 2.35. The van der Waals surface area contributed by atoms with Gasteiger partial charge in [0.05, 0.1) is 0 Å². The number of hydrogen-bond donors (Lipinski definition) is 1. The van der Waals surface area contributed by atoms with Gasteiger partial charge in [-0.15, -0.1) is 0 Å². The van der Waals surface area contributed by atoms with Crippen LogP contribution in [0.3, 0.4) is 0 Å². The molecule has 86 valence electrons. The Balaban J connectivity index is 2.86. The van der Waals surface area contributed by atoms with Gasteiger partial charge < -0.3 is 5.73 Å². The van der Waals surface area contributed by atoms with E-state index < -0.39 is 0 Å². The van der Waals surface area contributed by atoms with Crippen LogP contribution >= 0.6 is 0 Å². The molecule has 1 aromatic rings. The molecule has 0 aliphatic carbocycles. The molecule has 0 spiro atoms. The Kier molecular flexibility index (Phi) is 4.84. The van der Waals surface area contributed by atoms with Crippen molar-refractivity contribution in [1.82, 2.24) is 0 Å². The third-order valence-corrected chi connectivity index (χ3v) is 3.00. The molecule has 0 aliphatic heterocycles. The van der Waals surface area contributed by atoms with Gasteiger partial charge in [-0.25, -0.2) is 0 Å². The predicted octanol–water partition coefficient (Wildman–Crippen LogP) is 4.08. The number of rotatable bonds is 4. The van der Waals surface area contributed by atoms with Crippen molar-refractivity contribution in [3.05, 3.63) is 53.7 Å². The molecular formula is C15H21N. The summed E-state index contributed by atoms with van der Waals surface area (Å²) < 4.78 is 0. The van der Waals surface area contributed by atoms with Gasteiger partial charge in [-0.2, -0.15) is 0 Å². The first-order valence-electron chi connectivity index (χ1n) is 5.84. The summed E-state index contributed by atoms with van der Waals surface area (Å²) in [5.74, 6) is 0.641. The van der Waals surface area contributed by atoms with E-state index in [0.717, 1.165) is 0 Å². The van der Waals surface area contributed by atoms with Crippen molar-refractivity contribution in [2.75, 3.05) is 0 Å². The summed E-state index contributed by atoms with van der Waals surface area (Å²) >= 11 is 0. The summed E-state index contributed by atoms with van der Waals surface area (Å²) in [5.41, 5.74) is 9.21. The Morgan fingerprint density at radius 2 is 1.94 bits per heavy atom. The standard InChI is InChI=1S/C15H21N/c1-4-12(2)14-7-9-15(10-8-14)13(3)6-5-11-16/h5-12H,4,16H2,1-3H3/b11-5-,13-6+. The largest absolute Gasteiger partial charge is 0.405 e. The van der Waals surface area contributed by atoms with Crippen LogP contribution in [-0.2, 0) is 0 Å². The first-order valence-corrected chi connectivity index (χ1v) is 5.84. The van der Waals surface area contributed by atoms with Gasteiger partial charge in [0, 0.05) is 0 Å². The lowest BCUT2D eigenvalue weighted by Gasteiger charge is -2.09. The van der Waals surface area contributed by atoms with Crippen LogP contribution in [0.2, 0.25) is 0 Å². The molecule has 0 bridgehead atoms. The molecule has 2 N–H and O–H groups in total. The lowest BCUT2D eigenvalue weighted by Crippen LogP contribution is -1.91. The summed E-state index contributed by atoms with van der Waals surface area (Å²) in [6, 6.07) is 8.79. The van der Waals surface area contributed by atoms with Gasteiger partial charge in [0.1, 0.15) is 0 Å². The molecule has 0 heterocycles. The number of benzene rings is 1. The van der Waals surface area contributed by atoms with Crippen LogP contribution in [0.25, 0.3) is 5.57 Å². The highest BCUT2D eigenvalue weighted by Crippen LogP contribution is 2.21. The maximum Gasteiger partial charge on any atom is -0.00623 e. The van der Waals surface area contributed by atoms with Crippen LogP contribution in [0.15, 0.2) is 42.6 Å². The Morgan fingerprint density at radius 3 is 2.44 bits per heavy atom. The lowest BCUT2D eigenvalue weighted by molar-refractivity contribution is 0.733. The summed E-state index contributed by atoms with van der Waals surface area (Å²) in [6.07, 6.45) is 6.62. The molecule has 1 rings (SSSR count). The van der Waals surface area contributed by atoms with Gasteiger partial charge in [0.2, 0.25) is 0 Å². The van der Waals surface area contributed by atoms with E-state index in [1.54, 1.807) is 6.20 Å². The fourth-order valence-corrected chi connectivity index (χ4v) is 1.61. The van der Waals surface area contributed by atoms with Gasteiger partial charge in [-0.3, -0.25) is 0 Å². The van der Waals surface area contributed by atoms with Crippen LogP contribution in [0.5, 0.6) is 0 Å². The van der Waals surface area contributed by atoms with Crippen LogP contribution in [0.1, 0.15) is 44.2 Å². The minimum atomic E-state index is 0.641. The molecule has 1 nitrogen and oxygen atoms in total. The van der Waals surface area contributed by atoms with E-state index in [1.165, 1.54) is 23.1 Å². The minimum absolute atomic E-state index is 0.641. The van der Waals surface area contributed by atoms with Gasteiger partial charge >= 0.3 is 0 Å². The zero-order chi connectivity index (χ0) is 12.0. The second-order valence-electron chi connectivity index (χ2n) is 4.17. The van der Waals surface area contributed by atoms with E-state index in [1.807, 2.05) is 12.2 Å². The first kappa shape index (κ1) is 12.6. The van der Waals surface area contributed by atoms with Gasteiger partial charge in [0.15, 0.2) is 0 Å². The zero-order valence-corrected chi connectivity index (χ0v) is 10.4. The van der Waals surface area contributed by atoms with E-state index in [9.17, 15) is 0 Å². The van der Waals surface area contributed by atoms with Gasteiger partial charge in [-0.05, 0) is 48.2 Å².